The average molecular weight is 337 g/mol. The van der Waals surface area contributed by atoms with Gasteiger partial charge in [0.05, 0.1) is 4.90 Å². The Labute approximate surface area is 133 Å². The maximum absolute atomic E-state index is 12.8. The van der Waals surface area contributed by atoms with E-state index in [1.165, 1.54) is 36.4 Å². The third-order valence-electron chi connectivity index (χ3n) is 3.05. The Morgan fingerprint density at radius 1 is 1.04 bits per heavy atom. The first-order chi connectivity index (χ1) is 10.8. The van der Waals surface area contributed by atoms with Crippen molar-refractivity contribution in [2.24, 2.45) is 5.14 Å². The van der Waals surface area contributed by atoms with Gasteiger partial charge in [0.2, 0.25) is 10.0 Å². The highest BCUT2D eigenvalue weighted by Crippen LogP contribution is 2.12. The molecule has 0 fully saturated rings. The number of carbonyl (C=O) groups excluding carboxylic acids is 1. The van der Waals surface area contributed by atoms with E-state index in [-0.39, 0.29) is 10.7 Å². The molecule has 0 unspecified atom stereocenters. The molecule has 8 heteroatoms. The number of carbonyl (C=O) groups is 1. The van der Waals surface area contributed by atoms with Crippen molar-refractivity contribution in [3.8, 4) is 0 Å². The Kier molecular flexibility index (Phi) is 5.30. The van der Waals surface area contributed by atoms with E-state index in [4.69, 9.17) is 5.14 Å². The minimum absolute atomic E-state index is 0.0280. The van der Waals surface area contributed by atoms with Crippen LogP contribution in [-0.2, 0) is 16.4 Å². The summed E-state index contributed by atoms with van der Waals surface area (Å²) in [6.07, 6.45) is 0.568. The fourth-order valence-corrected chi connectivity index (χ4v) is 2.39. The molecule has 6 nitrogen and oxygen atoms in total. The molecule has 4 N–H and O–H groups in total. The largest absolute Gasteiger partial charge is 0.338 e. The number of anilines is 1. The van der Waals surface area contributed by atoms with Crippen molar-refractivity contribution in [1.82, 2.24) is 5.32 Å². The summed E-state index contributed by atoms with van der Waals surface area (Å²) in [5.41, 5.74) is 1.35. The number of hydrogen-bond acceptors (Lipinski definition) is 3. The molecule has 0 bridgehead atoms. The molecule has 2 amide bonds. The highest BCUT2D eigenvalue weighted by atomic mass is 32.2. The van der Waals surface area contributed by atoms with Crippen molar-refractivity contribution >= 4 is 21.7 Å². The number of rotatable bonds is 5. The second kappa shape index (κ2) is 7.21. The van der Waals surface area contributed by atoms with Gasteiger partial charge in [-0.15, -0.1) is 0 Å². The SMILES string of the molecule is NS(=O)(=O)c1ccc(NC(=O)NCCc2ccc(F)cc2)cc1. The molecular formula is C15H16FN3O3S. The van der Waals surface area contributed by atoms with Gasteiger partial charge in [0.15, 0.2) is 0 Å². The standard InChI is InChI=1S/C15H16FN3O3S/c16-12-3-1-11(2-4-12)9-10-18-15(20)19-13-5-7-14(8-6-13)23(17,21)22/h1-8H,9-10H2,(H2,17,21,22)(H2,18,19,20). The average Bonchev–Trinajstić information content (AvgIpc) is 2.49. The molecule has 0 spiro atoms. The second-order valence-electron chi connectivity index (χ2n) is 4.83. The van der Waals surface area contributed by atoms with Crippen LogP contribution in [-0.4, -0.2) is 21.0 Å². The molecule has 2 aromatic carbocycles. The van der Waals surface area contributed by atoms with Crippen LogP contribution in [0.4, 0.5) is 14.9 Å². The fraction of sp³-hybridized carbons (Fsp3) is 0.133. The van der Waals surface area contributed by atoms with Crippen LogP contribution in [0.15, 0.2) is 53.4 Å². The van der Waals surface area contributed by atoms with E-state index in [0.717, 1.165) is 5.56 Å². The third kappa shape index (κ3) is 5.35. The van der Waals surface area contributed by atoms with Crippen LogP contribution in [0.3, 0.4) is 0 Å². The van der Waals surface area contributed by atoms with E-state index >= 15 is 0 Å². The molecule has 0 aliphatic carbocycles. The van der Waals surface area contributed by atoms with Gasteiger partial charge in [-0.1, -0.05) is 12.1 Å². The van der Waals surface area contributed by atoms with Crippen LogP contribution in [0, 0.1) is 5.82 Å². The summed E-state index contributed by atoms with van der Waals surface area (Å²) < 4.78 is 35.0. The van der Waals surface area contributed by atoms with Gasteiger partial charge >= 0.3 is 6.03 Å². The highest BCUT2D eigenvalue weighted by Gasteiger charge is 2.07. The number of urea groups is 1. The molecule has 0 aromatic heterocycles. The summed E-state index contributed by atoms with van der Waals surface area (Å²) >= 11 is 0. The number of primary sulfonamides is 1. The van der Waals surface area contributed by atoms with Crippen molar-refractivity contribution in [2.45, 2.75) is 11.3 Å². The number of nitrogens with one attached hydrogen (secondary N) is 2. The van der Waals surface area contributed by atoms with Crippen LogP contribution in [0.1, 0.15) is 5.56 Å². The number of benzene rings is 2. The maximum atomic E-state index is 12.8. The van der Waals surface area contributed by atoms with Gasteiger partial charge in [0.25, 0.3) is 0 Å². The molecule has 2 aromatic rings. The highest BCUT2D eigenvalue weighted by molar-refractivity contribution is 7.89. The molecule has 0 atom stereocenters. The quantitative estimate of drug-likeness (QED) is 0.776. The number of halogens is 1. The Morgan fingerprint density at radius 3 is 2.22 bits per heavy atom. The van der Waals surface area contributed by atoms with Crippen LogP contribution in [0.25, 0.3) is 0 Å². The lowest BCUT2D eigenvalue weighted by atomic mass is 10.1. The molecule has 122 valence electrons. The van der Waals surface area contributed by atoms with Gasteiger partial charge in [-0.2, -0.15) is 0 Å². The number of nitrogens with two attached hydrogens (primary N) is 1. The molecule has 0 heterocycles. The van der Waals surface area contributed by atoms with Crippen LogP contribution in [0.2, 0.25) is 0 Å². The summed E-state index contributed by atoms with van der Waals surface area (Å²) in [5, 5.41) is 10.2. The first-order valence-electron chi connectivity index (χ1n) is 6.77. The first kappa shape index (κ1) is 16.9. The van der Waals surface area contributed by atoms with Gasteiger partial charge in [-0.3, -0.25) is 0 Å². The topological polar surface area (TPSA) is 101 Å². The normalized spacial score (nSPS) is 11.0. The van der Waals surface area contributed by atoms with E-state index < -0.39 is 16.1 Å². The minimum atomic E-state index is -3.75. The van der Waals surface area contributed by atoms with Crippen molar-refractivity contribution in [3.63, 3.8) is 0 Å². The maximum Gasteiger partial charge on any atom is 0.319 e. The minimum Gasteiger partial charge on any atom is -0.338 e. The first-order valence-corrected chi connectivity index (χ1v) is 8.31. The molecule has 2 rings (SSSR count). The second-order valence-corrected chi connectivity index (χ2v) is 6.39. The van der Waals surface area contributed by atoms with Crippen molar-refractivity contribution < 1.29 is 17.6 Å². The zero-order valence-electron chi connectivity index (χ0n) is 12.1. The van der Waals surface area contributed by atoms with Crippen molar-refractivity contribution in [2.75, 3.05) is 11.9 Å². The van der Waals surface area contributed by atoms with Gasteiger partial charge in [-0.25, -0.2) is 22.7 Å². The predicted molar refractivity (Wildman–Crippen MR) is 84.9 cm³/mol. The van der Waals surface area contributed by atoms with Gasteiger partial charge < -0.3 is 10.6 Å². The zero-order valence-corrected chi connectivity index (χ0v) is 12.9. The van der Waals surface area contributed by atoms with E-state index in [1.807, 2.05) is 0 Å². The van der Waals surface area contributed by atoms with Gasteiger partial charge in [0.1, 0.15) is 5.82 Å². The monoisotopic (exact) mass is 337 g/mol. The van der Waals surface area contributed by atoms with E-state index in [0.29, 0.717) is 18.7 Å². The fourth-order valence-electron chi connectivity index (χ4n) is 1.87. The number of hydrogen-bond donors (Lipinski definition) is 3. The van der Waals surface area contributed by atoms with Gasteiger partial charge in [-0.05, 0) is 48.4 Å². The molecule has 0 aliphatic rings. The Balaban J connectivity index is 1.81. The number of sulfonamides is 1. The molecule has 0 saturated heterocycles. The summed E-state index contributed by atoms with van der Waals surface area (Å²) in [6.45, 7) is 0.382. The smallest absolute Gasteiger partial charge is 0.319 e. The lowest BCUT2D eigenvalue weighted by Crippen LogP contribution is -2.30. The van der Waals surface area contributed by atoms with E-state index in [9.17, 15) is 17.6 Å². The van der Waals surface area contributed by atoms with Crippen molar-refractivity contribution in [3.05, 3.63) is 59.9 Å². The lowest BCUT2D eigenvalue weighted by molar-refractivity contribution is 0.252. The lowest BCUT2D eigenvalue weighted by Gasteiger charge is -2.08. The van der Waals surface area contributed by atoms with Crippen LogP contribution < -0.4 is 15.8 Å². The van der Waals surface area contributed by atoms with Gasteiger partial charge in [0, 0.05) is 12.2 Å². The van der Waals surface area contributed by atoms with E-state index in [1.54, 1.807) is 12.1 Å². The Hall–Kier alpha value is -2.45. The number of amides is 2. The summed E-state index contributed by atoms with van der Waals surface area (Å²) in [4.78, 5) is 11.7. The summed E-state index contributed by atoms with van der Waals surface area (Å²) in [5.74, 6) is -0.303. The third-order valence-corrected chi connectivity index (χ3v) is 3.98. The summed E-state index contributed by atoms with van der Waals surface area (Å²) in [6, 6.07) is 11.1. The Bertz CT molecular complexity index is 775. The molecule has 0 aliphatic heterocycles. The molecular weight excluding hydrogens is 321 g/mol. The van der Waals surface area contributed by atoms with E-state index in [2.05, 4.69) is 10.6 Å². The Morgan fingerprint density at radius 2 is 1.65 bits per heavy atom. The van der Waals surface area contributed by atoms with Crippen molar-refractivity contribution in [1.29, 1.82) is 0 Å². The molecule has 0 radical (unpaired) electrons. The molecule has 23 heavy (non-hydrogen) atoms. The van der Waals surface area contributed by atoms with Crippen LogP contribution >= 0.6 is 0 Å². The van der Waals surface area contributed by atoms with Crippen LogP contribution in [0.5, 0.6) is 0 Å². The summed E-state index contributed by atoms with van der Waals surface area (Å²) in [7, 11) is -3.75. The predicted octanol–water partition coefficient (Wildman–Crippen LogP) is 1.84. The zero-order chi connectivity index (χ0) is 16.9. The molecule has 0 saturated carbocycles.